The number of aryl methyl sites for hydroxylation is 2. The minimum atomic E-state index is -0.157. The molecule has 1 unspecified atom stereocenters. The summed E-state index contributed by atoms with van der Waals surface area (Å²) in [5.74, 6) is 0. The maximum Gasteiger partial charge on any atom is 0.327 e. The number of hydrogen-bond acceptors (Lipinski definition) is 2. The molecule has 0 saturated heterocycles. The van der Waals surface area contributed by atoms with Crippen molar-refractivity contribution in [3.05, 3.63) is 58.3 Å². The zero-order valence-electron chi connectivity index (χ0n) is 10.1. The molecule has 0 fully saturated rings. The standard InChI is InChI=1S/C13H17N3O/c1-10-3-5-11(6-4-10)12(14)9-16-8-7-15(2)13(16)17/h3-8,12H,9,14H2,1-2H3. The lowest BCUT2D eigenvalue weighted by Gasteiger charge is -2.12. The summed E-state index contributed by atoms with van der Waals surface area (Å²) in [5.41, 5.74) is 8.31. The van der Waals surface area contributed by atoms with Gasteiger partial charge in [-0.1, -0.05) is 29.8 Å². The summed E-state index contributed by atoms with van der Waals surface area (Å²) >= 11 is 0. The first-order valence-corrected chi connectivity index (χ1v) is 5.62. The highest BCUT2D eigenvalue weighted by molar-refractivity contribution is 5.23. The molecule has 17 heavy (non-hydrogen) atoms. The third kappa shape index (κ3) is 2.47. The Morgan fingerprint density at radius 2 is 1.88 bits per heavy atom. The van der Waals surface area contributed by atoms with Crippen molar-refractivity contribution in [3.63, 3.8) is 0 Å². The highest BCUT2D eigenvalue weighted by Crippen LogP contribution is 2.12. The number of hydrogen-bond donors (Lipinski definition) is 1. The third-order valence-electron chi connectivity index (χ3n) is 2.92. The van der Waals surface area contributed by atoms with E-state index < -0.39 is 0 Å². The second-order valence-corrected chi connectivity index (χ2v) is 4.36. The van der Waals surface area contributed by atoms with Crippen molar-refractivity contribution in [2.75, 3.05) is 0 Å². The Morgan fingerprint density at radius 3 is 2.41 bits per heavy atom. The molecule has 1 atom stereocenters. The summed E-state index contributed by atoms with van der Waals surface area (Å²) in [6, 6.07) is 7.92. The lowest BCUT2D eigenvalue weighted by molar-refractivity contribution is 0.554. The smallest absolute Gasteiger partial charge is 0.322 e. The number of rotatable bonds is 3. The summed E-state index contributed by atoms with van der Waals surface area (Å²) in [7, 11) is 1.73. The largest absolute Gasteiger partial charge is 0.327 e. The first-order chi connectivity index (χ1) is 8.08. The predicted octanol–water partition coefficient (Wildman–Crippen LogP) is 1.20. The molecule has 90 valence electrons. The van der Waals surface area contributed by atoms with Crippen molar-refractivity contribution >= 4 is 0 Å². The van der Waals surface area contributed by atoms with Crippen molar-refractivity contribution < 1.29 is 0 Å². The van der Waals surface area contributed by atoms with Crippen LogP contribution in [0.2, 0.25) is 0 Å². The Bertz CT molecular complexity index is 551. The Hall–Kier alpha value is -1.81. The Labute approximate surface area is 100 Å². The Morgan fingerprint density at radius 1 is 1.24 bits per heavy atom. The van der Waals surface area contributed by atoms with E-state index >= 15 is 0 Å². The fraction of sp³-hybridized carbons (Fsp3) is 0.308. The number of nitrogens with zero attached hydrogens (tertiary/aromatic N) is 2. The van der Waals surface area contributed by atoms with Crippen LogP contribution in [0.3, 0.4) is 0 Å². The molecule has 2 N–H and O–H groups in total. The Balaban J connectivity index is 2.17. The molecule has 1 aromatic heterocycles. The molecule has 0 aliphatic heterocycles. The van der Waals surface area contributed by atoms with E-state index in [4.69, 9.17) is 5.73 Å². The lowest BCUT2D eigenvalue weighted by Crippen LogP contribution is -2.27. The molecule has 2 rings (SSSR count). The van der Waals surface area contributed by atoms with E-state index in [9.17, 15) is 4.79 Å². The van der Waals surface area contributed by atoms with Crippen LogP contribution in [-0.4, -0.2) is 9.13 Å². The highest BCUT2D eigenvalue weighted by atomic mass is 16.1. The maximum absolute atomic E-state index is 11.7. The normalized spacial score (nSPS) is 12.6. The van der Waals surface area contributed by atoms with Crippen molar-refractivity contribution in [2.24, 2.45) is 12.8 Å². The van der Waals surface area contributed by atoms with Gasteiger partial charge in [-0.25, -0.2) is 4.79 Å². The summed E-state index contributed by atoms with van der Waals surface area (Å²) in [6.07, 6.45) is 3.50. The average Bonchev–Trinajstić information content (AvgIpc) is 2.62. The first kappa shape index (κ1) is 11.7. The second kappa shape index (κ2) is 4.59. The van der Waals surface area contributed by atoms with Gasteiger partial charge in [0.05, 0.1) is 0 Å². The molecule has 4 heteroatoms. The molecule has 0 saturated carbocycles. The monoisotopic (exact) mass is 231 g/mol. The molecule has 0 aliphatic rings. The quantitative estimate of drug-likeness (QED) is 0.862. The van der Waals surface area contributed by atoms with E-state index in [2.05, 4.69) is 0 Å². The van der Waals surface area contributed by atoms with Gasteiger partial charge in [-0.2, -0.15) is 0 Å². The minimum Gasteiger partial charge on any atom is -0.322 e. The van der Waals surface area contributed by atoms with Crippen LogP contribution in [0.4, 0.5) is 0 Å². The first-order valence-electron chi connectivity index (χ1n) is 5.62. The summed E-state index contributed by atoms with van der Waals surface area (Å²) < 4.78 is 3.17. The van der Waals surface area contributed by atoms with Crippen molar-refractivity contribution in [1.29, 1.82) is 0 Å². The van der Waals surface area contributed by atoms with Gasteiger partial charge in [-0.05, 0) is 12.5 Å². The molecular weight excluding hydrogens is 214 g/mol. The van der Waals surface area contributed by atoms with Crippen molar-refractivity contribution in [3.8, 4) is 0 Å². The number of aromatic nitrogens is 2. The SMILES string of the molecule is Cc1ccc(C(N)Cn2ccn(C)c2=O)cc1. The van der Waals surface area contributed by atoms with E-state index in [0.717, 1.165) is 5.56 Å². The summed E-state index contributed by atoms with van der Waals surface area (Å²) in [5, 5.41) is 0. The summed E-state index contributed by atoms with van der Waals surface area (Å²) in [6.45, 7) is 2.54. The van der Waals surface area contributed by atoms with Crippen LogP contribution >= 0.6 is 0 Å². The van der Waals surface area contributed by atoms with Crippen LogP contribution < -0.4 is 11.4 Å². The van der Waals surface area contributed by atoms with E-state index in [1.54, 1.807) is 28.6 Å². The van der Waals surface area contributed by atoms with E-state index in [1.165, 1.54) is 5.56 Å². The van der Waals surface area contributed by atoms with Gasteiger partial charge < -0.3 is 10.3 Å². The van der Waals surface area contributed by atoms with Gasteiger partial charge in [-0.15, -0.1) is 0 Å². The second-order valence-electron chi connectivity index (χ2n) is 4.36. The van der Waals surface area contributed by atoms with E-state index in [0.29, 0.717) is 6.54 Å². The molecule has 0 aliphatic carbocycles. The fourth-order valence-corrected chi connectivity index (χ4v) is 1.78. The van der Waals surface area contributed by atoms with Crippen molar-refractivity contribution in [2.45, 2.75) is 19.5 Å². The van der Waals surface area contributed by atoms with Gasteiger partial charge >= 0.3 is 5.69 Å². The zero-order valence-corrected chi connectivity index (χ0v) is 10.1. The minimum absolute atomic E-state index is 0.0347. The average molecular weight is 231 g/mol. The van der Waals surface area contributed by atoms with Gasteiger partial charge in [0, 0.05) is 32.0 Å². The molecule has 0 spiro atoms. The van der Waals surface area contributed by atoms with Crippen LogP contribution in [0.5, 0.6) is 0 Å². The zero-order chi connectivity index (χ0) is 12.4. The topological polar surface area (TPSA) is 52.9 Å². The lowest BCUT2D eigenvalue weighted by atomic mass is 10.1. The summed E-state index contributed by atoms with van der Waals surface area (Å²) in [4.78, 5) is 11.7. The van der Waals surface area contributed by atoms with Gasteiger partial charge in [0.2, 0.25) is 0 Å². The fourth-order valence-electron chi connectivity index (χ4n) is 1.78. The van der Waals surface area contributed by atoms with Gasteiger partial charge in [0.15, 0.2) is 0 Å². The molecule has 4 nitrogen and oxygen atoms in total. The maximum atomic E-state index is 11.7. The van der Waals surface area contributed by atoms with Gasteiger partial charge in [-0.3, -0.25) is 4.57 Å². The predicted molar refractivity (Wildman–Crippen MR) is 67.8 cm³/mol. The van der Waals surface area contributed by atoms with Crippen LogP contribution in [-0.2, 0) is 13.6 Å². The van der Waals surface area contributed by atoms with Gasteiger partial charge in [0.1, 0.15) is 0 Å². The highest BCUT2D eigenvalue weighted by Gasteiger charge is 2.08. The molecular formula is C13H17N3O. The molecule has 0 radical (unpaired) electrons. The number of imidazole rings is 1. The molecule has 1 aromatic carbocycles. The molecule has 0 amide bonds. The molecule has 2 aromatic rings. The van der Waals surface area contributed by atoms with E-state index in [-0.39, 0.29) is 11.7 Å². The van der Waals surface area contributed by atoms with Crippen LogP contribution in [0.1, 0.15) is 17.2 Å². The Kier molecular flexibility index (Phi) is 3.15. The van der Waals surface area contributed by atoms with Crippen molar-refractivity contribution in [1.82, 2.24) is 9.13 Å². The number of benzene rings is 1. The van der Waals surface area contributed by atoms with E-state index in [1.807, 2.05) is 31.2 Å². The van der Waals surface area contributed by atoms with Crippen LogP contribution in [0, 0.1) is 6.92 Å². The van der Waals surface area contributed by atoms with Crippen LogP contribution in [0.25, 0.3) is 0 Å². The third-order valence-corrected chi connectivity index (χ3v) is 2.92. The number of nitrogens with two attached hydrogens (primary N) is 1. The van der Waals surface area contributed by atoms with Gasteiger partial charge in [0.25, 0.3) is 0 Å². The molecule has 0 bridgehead atoms. The molecule has 1 heterocycles. The van der Waals surface area contributed by atoms with Crippen LogP contribution in [0.15, 0.2) is 41.5 Å².